The molecule has 0 fully saturated rings. The van der Waals surface area contributed by atoms with Crippen LogP contribution in [0.4, 0.5) is 24.5 Å². The molecular formula is C19H13F3N4O4. The average Bonchev–Trinajstić information content (AvgIpc) is 3.16. The Morgan fingerprint density at radius 1 is 1.17 bits per heavy atom. The smallest absolute Gasteiger partial charge is 0.416 e. The first-order valence-corrected chi connectivity index (χ1v) is 8.32. The molecule has 3 aromatic rings. The molecule has 0 bridgehead atoms. The first-order valence-electron chi connectivity index (χ1n) is 8.32. The summed E-state index contributed by atoms with van der Waals surface area (Å²) >= 11 is 0. The Hall–Kier alpha value is -4.15. The van der Waals surface area contributed by atoms with Gasteiger partial charge in [-0.05, 0) is 42.5 Å². The lowest BCUT2D eigenvalue weighted by molar-refractivity contribution is -0.384. The van der Waals surface area contributed by atoms with Gasteiger partial charge in [-0.1, -0.05) is 6.07 Å². The molecule has 0 atom stereocenters. The van der Waals surface area contributed by atoms with Crippen LogP contribution >= 0.6 is 0 Å². The molecule has 2 N–H and O–H groups in total. The minimum absolute atomic E-state index is 0.0857. The van der Waals surface area contributed by atoms with Gasteiger partial charge in [0.2, 0.25) is 0 Å². The van der Waals surface area contributed by atoms with Crippen LogP contribution in [-0.2, 0) is 6.18 Å². The Balaban J connectivity index is 1.86. The van der Waals surface area contributed by atoms with Gasteiger partial charge in [-0.3, -0.25) is 15.5 Å². The monoisotopic (exact) mass is 418 g/mol. The van der Waals surface area contributed by atoms with E-state index in [1.807, 2.05) is 0 Å². The number of carboxylic acid groups (broad SMARTS) is 1. The van der Waals surface area contributed by atoms with Gasteiger partial charge in [0.05, 0.1) is 28.0 Å². The summed E-state index contributed by atoms with van der Waals surface area (Å²) in [4.78, 5) is 21.3. The van der Waals surface area contributed by atoms with Crippen molar-refractivity contribution in [3.63, 3.8) is 0 Å². The number of hydrogen-bond acceptors (Lipinski definition) is 5. The SMILES string of the molecule is O=C(O)c1cccc(-n2cccc2/C=N/Nc2ccc(C(F)(F)F)cc2[N+](=O)[O-])c1. The Kier molecular flexibility index (Phi) is 5.54. The number of hydrogen-bond donors (Lipinski definition) is 2. The highest BCUT2D eigenvalue weighted by molar-refractivity contribution is 5.88. The molecule has 0 amide bonds. The van der Waals surface area contributed by atoms with Gasteiger partial charge in [-0.2, -0.15) is 18.3 Å². The zero-order valence-corrected chi connectivity index (χ0v) is 15.0. The maximum Gasteiger partial charge on any atom is 0.416 e. The summed E-state index contributed by atoms with van der Waals surface area (Å²) < 4.78 is 39.9. The summed E-state index contributed by atoms with van der Waals surface area (Å²) in [7, 11) is 0. The highest BCUT2D eigenvalue weighted by Gasteiger charge is 2.33. The van der Waals surface area contributed by atoms with E-state index in [-0.39, 0.29) is 11.3 Å². The number of nitrogens with zero attached hydrogens (tertiary/aromatic N) is 3. The van der Waals surface area contributed by atoms with Crippen LogP contribution in [0.3, 0.4) is 0 Å². The van der Waals surface area contributed by atoms with Crippen LogP contribution in [0.1, 0.15) is 21.6 Å². The normalized spacial score (nSPS) is 11.6. The molecule has 0 aliphatic heterocycles. The molecule has 0 saturated carbocycles. The van der Waals surface area contributed by atoms with Crippen molar-refractivity contribution in [3.8, 4) is 5.69 Å². The highest BCUT2D eigenvalue weighted by Crippen LogP contribution is 2.34. The molecule has 0 spiro atoms. The number of nitro benzene ring substituents is 1. The number of halogens is 3. The zero-order chi connectivity index (χ0) is 21.9. The molecule has 1 aromatic heterocycles. The van der Waals surface area contributed by atoms with E-state index in [1.54, 1.807) is 35.0 Å². The van der Waals surface area contributed by atoms with E-state index >= 15 is 0 Å². The summed E-state index contributed by atoms with van der Waals surface area (Å²) in [5, 5.41) is 24.1. The van der Waals surface area contributed by atoms with Crippen LogP contribution < -0.4 is 5.43 Å². The molecule has 1 heterocycles. The number of carboxylic acids is 1. The first kappa shape index (κ1) is 20.6. The number of nitrogens with one attached hydrogen (secondary N) is 1. The summed E-state index contributed by atoms with van der Waals surface area (Å²) in [5.74, 6) is -1.09. The predicted molar refractivity (Wildman–Crippen MR) is 102 cm³/mol. The lowest BCUT2D eigenvalue weighted by Crippen LogP contribution is -2.07. The van der Waals surface area contributed by atoms with Gasteiger partial charge in [0.25, 0.3) is 5.69 Å². The Bertz CT molecular complexity index is 1140. The minimum atomic E-state index is -4.71. The van der Waals surface area contributed by atoms with Crippen LogP contribution in [0.5, 0.6) is 0 Å². The summed E-state index contributed by atoms with van der Waals surface area (Å²) in [6.45, 7) is 0. The van der Waals surface area contributed by atoms with Crippen molar-refractivity contribution in [2.75, 3.05) is 5.43 Å². The summed E-state index contributed by atoms with van der Waals surface area (Å²) in [6.07, 6.45) is -1.75. The number of aromatic nitrogens is 1. The number of benzene rings is 2. The fourth-order valence-electron chi connectivity index (χ4n) is 2.64. The topological polar surface area (TPSA) is 110 Å². The molecule has 8 nitrogen and oxygen atoms in total. The zero-order valence-electron chi connectivity index (χ0n) is 15.0. The fraction of sp³-hybridized carbons (Fsp3) is 0.0526. The maximum atomic E-state index is 12.8. The van der Waals surface area contributed by atoms with E-state index in [0.29, 0.717) is 23.5 Å². The number of hydrazone groups is 1. The summed E-state index contributed by atoms with van der Waals surface area (Å²) in [6, 6.07) is 11.5. The van der Waals surface area contributed by atoms with Crippen LogP contribution in [0, 0.1) is 10.1 Å². The van der Waals surface area contributed by atoms with E-state index in [0.717, 1.165) is 6.07 Å². The molecular weight excluding hydrogens is 405 g/mol. The average molecular weight is 418 g/mol. The number of nitro groups is 1. The fourth-order valence-corrected chi connectivity index (χ4v) is 2.64. The van der Waals surface area contributed by atoms with Crippen molar-refractivity contribution in [1.29, 1.82) is 0 Å². The largest absolute Gasteiger partial charge is 0.478 e. The Morgan fingerprint density at radius 3 is 2.60 bits per heavy atom. The third kappa shape index (κ3) is 4.46. The molecule has 0 aliphatic rings. The van der Waals surface area contributed by atoms with Gasteiger partial charge in [0, 0.05) is 18.0 Å². The van der Waals surface area contributed by atoms with Crippen molar-refractivity contribution < 1.29 is 28.0 Å². The molecule has 0 saturated heterocycles. The number of rotatable bonds is 6. The lowest BCUT2D eigenvalue weighted by Gasteiger charge is -2.09. The Labute approximate surface area is 167 Å². The number of aromatic carboxylic acids is 1. The standard InChI is InChI=1S/C19H13F3N4O4/c20-19(21,22)13-6-7-16(17(10-13)26(29)30)24-23-11-15-5-2-8-25(15)14-4-1-3-12(9-14)18(27)28/h1-11,24H,(H,27,28)/b23-11+. The van der Waals surface area contributed by atoms with E-state index in [4.69, 9.17) is 5.11 Å². The molecule has 154 valence electrons. The van der Waals surface area contributed by atoms with Crippen LogP contribution in [-0.4, -0.2) is 26.8 Å². The van der Waals surface area contributed by atoms with Crippen molar-refractivity contribution in [3.05, 3.63) is 87.7 Å². The quantitative estimate of drug-likeness (QED) is 0.347. The lowest BCUT2D eigenvalue weighted by atomic mass is 10.1. The molecule has 0 radical (unpaired) electrons. The molecule has 2 aromatic carbocycles. The maximum absolute atomic E-state index is 12.8. The first-order chi connectivity index (χ1) is 14.2. The second-order valence-corrected chi connectivity index (χ2v) is 6.02. The van der Waals surface area contributed by atoms with Crippen molar-refractivity contribution in [1.82, 2.24) is 4.57 Å². The van der Waals surface area contributed by atoms with Crippen molar-refractivity contribution in [2.24, 2.45) is 5.10 Å². The molecule has 3 rings (SSSR count). The molecule has 11 heteroatoms. The molecule has 0 unspecified atom stereocenters. The van der Waals surface area contributed by atoms with E-state index in [9.17, 15) is 28.1 Å². The van der Waals surface area contributed by atoms with E-state index in [2.05, 4.69) is 10.5 Å². The van der Waals surface area contributed by atoms with Crippen molar-refractivity contribution in [2.45, 2.75) is 6.18 Å². The van der Waals surface area contributed by atoms with Crippen molar-refractivity contribution >= 4 is 23.6 Å². The van der Waals surface area contributed by atoms with Crippen LogP contribution in [0.2, 0.25) is 0 Å². The number of carbonyl (C=O) groups is 1. The molecule has 30 heavy (non-hydrogen) atoms. The molecule has 0 aliphatic carbocycles. The van der Waals surface area contributed by atoms with Gasteiger partial charge in [-0.15, -0.1) is 0 Å². The third-order valence-corrected chi connectivity index (χ3v) is 4.06. The van der Waals surface area contributed by atoms with Gasteiger partial charge >= 0.3 is 12.1 Å². The number of alkyl halides is 3. The van der Waals surface area contributed by atoms with Gasteiger partial charge in [0.1, 0.15) is 5.69 Å². The summed E-state index contributed by atoms with van der Waals surface area (Å²) in [5.41, 5.74) is 1.37. The predicted octanol–water partition coefficient (Wildman–Crippen LogP) is 4.55. The minimum Gasteiger partial charge on any atom is -0.478 e. The van der Waals surface area contributed by atoms with E-state index in [1.165, 1.54) is 18.3 Å². The van der Waals surface area contributed by atoms with Gasteiger partial charge in [-0.25, -0.2) is 4.79 Å². The second kappa shape index (κ2) is 8.07. The van der Waals surface area contributed by atoms with E-state index < -0.39 is 28.3 Å². The van der Waals surface area contributed by atoms with Crippen LogP contribution in [0.25, 0.3) is 5.69 Å². The highest BCUT2D eigenvalue weighted by atomic mass is 19.4. The Morgan fingerprint density at radius 2 is 1.93 bits per heavy atom. The third-order valence-electron chi connectivity index (χ3n) is 4.06. The second-order valence-electron chi connectivity index (χ2n) is 6.02. The van der Waals surface area contributed by atoms with Gasteiger partial charge < -0.3 is 9.67 Å². The number of anilines is 1. The van der Waals surface area contributed by atoms with Gasteiger partial charge in [0.15, 0.2) is 0 Å². The van der Waals surface area contributed by atoms with Crippen LogP contribution in [0.15, 0.2) is 65.9 Å².